The predicted octanol–water partition coefficient (Wildman–Crippen LogP) is 2.85. The summed E-state index contributed by atoms with van der Waals surface area (Å²) in [5.74, 6) is -3.55. The van der Waals surface area contributed by atoms with Crippen LogP contribution in [0, 0.1) is 28.6 Å². The Bertz CT molecular complexity index is 1010. The van der Waals surface area contributed by atoms with Gasteiger partial charge in [0.15, 0.2) is 0 Å². The summed E-state index contributed by atoms with van der Waals surface area (Å²) in [4.78, 5) is 49.5. The summed E-state index contributed by atoms with van der Waals surface area (Å²) in [6.07, 6.45) is 3.31. The fourth-order valence-corrected chi connectivity index (χ4v) is 9.44. The molecule has 4 aliphatic carbocycles. The molecule has 36 heavy (non-hydrogen) atoms. The predicted molar refractivity (Wildman–Crippen MR) is 124 cm³/mol. The highest BCUT2D eigenvalue weighted by atomic mass is 16.7. The van der Waals surface area contributed by atoms with Crippen molar-refractivity contribution in [3.8, 4) is 0 Å². The molecule has 4 saturated carbocycles. The van der Waals surface area contributed by atoms with Crippen molar-refractivity contribution in [2.75, 3.05) is 6.61 Å². The summed E-state index contributed by atoms with van der Waals surface area (Å²) >= 11 is 0. The van der Waals surface area contributed by atoms with Gasteiger partial charge in [0.05, 0.1) is 5.60 Å². The Hall–Kier alpha value is -2.00. The van der Waals surface area contributed by atoms with E-state index in [0.29, 0.717) is 38.5 Å². The smallest absolute Gasteiger partial charge is 0.305 e. The SMILES string of the molecule is CC(=O)OCC12CC(OC(C)=O)C34OC5(OC(C)=O)CCC3(C)C(CCC4C1(O)CCC2C(C)=O)C5. The fraction of sp³-hybridized carbons (Fsp3) is 0.852. The molecule has 2 aliphatic heterocycles. The van der Waals surface area contributed by atoms with E-state index >= 15 is 0 Å². The topological polar surface area (TPSA) is 125 Å². The van der Waals surface area contributed by atoms with E-state index in [0.717, 1.165) is 6.42 Å². The number of ether oxygens (including phenoxy) is 4. The minimum Gasteiger partial charge on any atom is -0.465 e. The van der Waals surface area contributed by atoms with E-state index in [9.17, 15) is 24.3 Å². The zero-order chi connectivity index (χ0) is 26.3. The molecular weight excluding hydrogens is 468 g/mol. The molecule has 9 nitrogen and oxygen atoms in total. The molecule has 0 aromatic carbocycles. The van der Waals surface area contributed by atoms with Gasteiger partial charge in [-0.2, -0.15) is 0 Å². The quantitative estimate of drug-likeness (QED) is 0.442. The summed E-state index contributed by atoms with van der Waals surface area (Å²) < 4.78 is 24.3. The normalized spacial score (nSPS) is 48.4. The number of carbonyl (C=O) groups excluding carboxylic acids is 4. The number of carbonyl (C=O) groups is 4. The lowest BCUT2D eigenvalue weighted by molar-refractivity contribution is -0.447. The minimum absolute atomic E-state index is 0.0852. The van der Waals surface area contributed by atoms with Gasteiger partial charge in [-0.25, -0.2) is 0 Å². The number of aliphatic hydroxyl groups is 1. The van der Waals surface area contributed by atoms with E-state index in [4.69, 9.17) is 18.9 Å². The number of hydrogen-bond donors (Lipinski definition) is 1. The first kappa shape index (κ1) is 25.6. The van der Waals surface area contributed by atoms with Crippen molar-refractivity contribution in [1.82, 2.24) is 0 Å². The molecule has 0 amide bonds. The molecule has 1 N–H and O–H groups in total. The second kappa shape index (κ2) is 8.00. The fourth-order valence-electron chi connectivity index (χ4n) is 9.44. The van der Waals surface area contributed by atoms with Gasteiger partial charge in [-0.3, -0.25) is 19.2 Å². The van der Waals surface area contributed by atoms with Gasteiger partial charge in [0.2, 0.25) is 5.79 Å². The van der Waals surface area contributed by atoms with Crippen molar-refractivity contribution in [2.24, 2.45) is 28.6 Å². The Morgan fingerprint density at radius 2 is 1.64 bits per heavy atom. The molecule has 6 fully saturated rings. The highest BCUT2D eigenvalue weighted by molar-refractivity contribution is 5.80. The molecule has 6 aliphatic rings. The summed E-state index contributed by atoms with van der Waals surface area (Å²) in [6.45, 7) is 7.53. The maximum absolute atomic E-state index is 12.9. The zero-order valence-corrected chi connectivity index (χ0v) is 21.9. The maximum atomic E-state index is 12.9. The minimum atomic E-state index is -1.39. The number of Topliss-reactive ketones (excluding diaryl/α,β-unsaturated/α-hetero) is 1. The number of hydrogen-bond acceptors (Lipinski definition) is 9. The van der Waals surface area contributed by atoms with E-state index < -0.39 is 63.7 Å². The maximum Gasteiger partial charge on any atom is 0.305 e. The lowest BCUT2D eigenvalue weighted by Crippen LogP contribution is -2.83. The van der Waals surface area contributed by atoms with Crippen LogP contribution in [0.5, 0.6) is 0 Å². The van der Waals surface area contributed by atoms with Gasteiger partial charge in [-0.1, -0.05) is 6.92 Å². The Morgan fingerprint density at radius 3 is 2.25 bits per heavy atom. The largest absolute Gasteiger partial charge is 0.465 e. The highest BCUT2D eigenvalue weighted by Gasteiger charge is 2.83. The molecule has 0 radical (unpaired) electrons. The van der Waals surface area contributed by atoms with Crippen molar-refractivity contribution >= 4 is 23.7 Å². The van der Waals surface area contributed by atoms with Crippen LogP contribution in [0.4, 0.5) is 0 Å². The number of esters is 3. The Morgan fingerprint density at radius 1 is 0.917 bits per heavy atom. The molecule has 9 atom stereocenters. The Balaban J connectivity index is 1.71. The Kier molecular flexibility index (Phi) is 5.70. The van der Waals surface area contributed by atoms with Gasteiger partial charge < -0.3 is 24.1 Å². The number of ketones is 1. The summed E-state index contributed by atoms with van der Waals surface area (Å²) in [7, 11) is 0. The van der Waals surface area contributed by atoms with Gasteiger partial charge in [0.1, 0.15) is 24.1 Å². The second-order valence-electron chi connectivity index (χ2n) is 12.2. The first-order chi connectivity index (χ1) is 16.8. The molecule has 0 aromatic heterocycles. The standard InChI is InChI=1S/C27H38O9/c1-15(28)20-8-9-26(32)21-7-6-19-12-25(35-18(4)31)11-10-23(19,5)27(21,36-25)22(34-17(3)30)13-24(20,26)14-33-16(2)29/h19-22,32H,6-14H2,1-5H3. The van der Waals surface area contributed by atoms with E-state index in [1.165, 1.54) is 27.7 Å². The molecule has 9 unspecified atom stereocenters. The van der Waals surface area contributed by atoms with Crippen molar-refractivity contribution < 1.29 is 43.2 Å². The summed E-state index contributed by atoms with van der Waals surface area (Å²) in [5, 5.41) is 12.7. The first-order valence-corrected chi connectivity index (χ1v) is 13.2. The molecule has 200 valence electrons. The van der Waals surface area contributed by atoms with Crippen molar-refractivity contribution in [3.05, 3.63) is 0 Å². The van der Waals surface area contributed by atoms with E-state index in [1.807, 2.05) is 0 Å². The molecule has 0 aromatic rings. The molecule has 2 saturated heterocycles. The summed E-state index contributed by atoms with van der Waals surface area (Å²) in [5.41, 5.74) is -4.04. The molecule has 6 rings (SSSR count). The molecule has 2 heterocycles. The van der Waals surface area contributed by atoms with Crippen molar-refractivity contribution in [2.45, 2.75) is 109 Å². The molecule has 4 bridgehead atoms. The average Bonchev–Trinajstić information content (AvgIpc) is 3.05. The van der Waals surface area contributed by atoms with Crippen LogP contribution in [0.1, 0.15) is 86.0 Å². The monoisotopic (exact) mass is 506 g/mol. The lowest BCUT2D eigenvalue weighted by atomic mass is 9.38. The first-order valence-electron chi connectivity index (χ1n) is 13.2. The van der Waals surface area contributed by atoms with Crippen LogP contribution in [0.2, 0.25) is 0 Å². The van der Waals surface area contributed by atoms with Gasteiger partial charge in [-0.05, 0) is 51.4 Å². The van der Waals surface area contributed by atoms with Crippen LogP contribution in [0.3, 0.4) is 0 Å². The van der Waals surface area contributed by atoms with Gasteiger partial charge in [0.25, 0.3) is 0 Å². The number of rotatable bonds is 5. The molecule has 1 spiro atoms. The Labute approximate surface area is 211 Å². The third kappa shape index (κ3) is 3.14. The van der Waals surface area contributed by atoms with Gasteiger partial charge in [-0.15, -0.1) is 0 Å². The van der Waals surface area contributed by atoms with Crippen LogP contribution in [0.15, 0.2) is 0 Å². The van der Waals surface area contributed by atoms with Crippen LogP contribution in [0.25, 0.3) is 0 Å². The zero-order valence-electron chi connectivity index (χ0n) is 21.9. The van der Waals surface area contributed by atoms with E-state index in [2.05, 4.69) is 6.92 Å². The highest BCUT2D eigenvalue weighted by Crippen LogP contribution is 2.76. The van der Waals surface area contributed by atoms with Crippen molar-refractivity contribution in [1.29, 1.82) is 0 Å². The summed E-state index contributed by atoms with van der Waals surface area (Å²) in [6, 6.07) is 0. The van der Waals surface area contributed by atoms with Crippen molar-refractivity contribution in [3.63, 3.8) is 0 Å². The van der Waals surface area contributed by atoms with E-state index in [-0.39, 0.29) is 24.7 Å². The second-order valence-corrected chi connectivity index (χ2v) is 12.2. The third-order valence-electron chi connectivity index (χ3n) is 10.7. The van der Waals surface area contributed by atoms with E-state index in [1.54, 1.807) is 0 Å². The van der Waals surface area contributed by atoms with Gasteiger partial charge in [0, 0.05) is 56.3 Å². The average molecular weight is 507 g/mol. The number of fused-ring (bicyclic) bond motifs is 3. The molecule has 9 heteroatoms. The third-order valence-corrected chi connectivity index (χ3v) is 10.7. The molecular formula is C27H38O9. The lowest BCUT2D eigenvalue weighted by Gasteiger charge is -2.75. The van der Waals surface area contributed by atoms with Crippen LogP contribution >= 0.6 is 0 Å². The van der Waals surface area contributed by atoms with Crippen LogP contribution < -0.4 is 0 Å². The van der Waals surface area contributed by atoms with Crippen LogP contribution in [-0.2, 0) is 38.1 Å². The van der Waals surface area contributed by atoms with Gasteiger partial charge >= 0.3 is 17.9 Å². The van der Waals surface area contributed by atoms with Crippen LogP contribution in [-0.4, -0.2) is 58.5 Å².